The van der Waals surface area contributed by atoms with E-state index in [1.54, 1.807) is 18.6 Å². The van der Waals surface area contributed by atoms with Crippen LogP contribution in [0.25, 0.3) is 0 Å². The third-order valence-corrected chi connectivity index (χ3v) is 4.08. The molecule has 128 valence electrons. The summed E-state index contributed by atoms with van der Waals surface area (Å²) in [6, 6.07) is 8.93. The van der Waals surface area contributed by atoms with Crippen LogP contribution in [0.4, 0.5) is 5.69 Å². The average Bonchev–Trinajstić information content (AvgIpc) is 3.06. The Kier molecular flexibility index (Phi) is 6.62. The molecule has 1 heterocycles. The summed E-state index contributed by atoms with van der Waals surface area (Å²) in [5.74, 6) is 0.862. The van der Waals surface area contributed by atoms with Gasteiger partial charge in [0.05, 0.1) is 26.5 Å². The minimum atomic E-state index is -0.455. The number of esters is 1. The predicted octanol–water partition coefficient (Wildman–Crippen LogP) is 3.34. The van der Waals surface area contributed by atoms with Crippen LogP contribution < -0.4 is 14.8 Å². The summed E-state index contributed by atoms with van der Waals surface area (Å²) in [7, 11) is 2.91. The maximum atomic E-state index is 11.9. The highest BCUT2D eigenvalue weighted by molar-refractivity contribution is 7.12. The Morgan fingerprint density at radius 3 is 2.46 bits per heavy atom. The average molecular weight is 349 g/mol. The topological polar surface area (TPSA) is 73.9 Å². The van der Waals surface area contributed by atoms with Gasteiger partial charge in [-0.05, 0) is 42.1 Å². The standard InChI is InChI=1S/C17H19NO5S/c1-21-12-5-7-13(8-6-12)23-10-3-4-15(19)18-14-9-11-24-16(14)17(20)22-2/h5-9,11H,3-4,10H2,1-2H3,(H,18,19). The Hall–Kier alpha value is -2.54. The molecular weight excluding hydrogens is 330 g/mol. The van der Waals surface area contributed by atoms with Crippen LogP contribution >= 0.6 is 11.3 Å². The number of thiophene rings is 1. The molecule has 2 rings (SSSR count). The molecule has 0 aliphatic carbocycles. The molecule has 1 amide bonds. The fourth-order valence-corrected chi connectivity index (χ4v) is 2.73. The summed E-state index contributed by atoms with van der Waals surface area (Å²) >= 11 is 1.23. The smallest absolute Gasteiger partial charge is 0.350 e. The molecule has 0 unspecified atom stereocenters. The van der Waals surface area contributed by atoms with Crippen molar-refractivity contribution in [2.75, 3.05) is 26.1 Å². The third kappa shape index (κ3) is 4.99. The van der Waals surface area contributed by atoms with Gasteiger partial charge in [-0.1, -0.05) is 0 Å². The van der Waals surface area contributed by atoms with Crippen molar-refractivity contribution in [2.24, 2.45) is 0 Å². The zero-order valence-corrected chi connectivity index (χ0v) is 14.4. The summed E-state index contributed by atoms with van der Waals surface area (Å²) < 4.78 is 15.3. The molecule has 0 spiro atoms. The van der Waals surface area contributed by atoms with Gasteiger partial charge in [0.1, 0.15) is 16.4 Å². The van der Waals surface area contributed by atoms with Crippen LogP contribution in [0.2, 0.25) is 0 Å². The van der Waals surface area contributed by atoms with E-state index < -0.39 is 5.97 Å². The normalized spacial score (nSPS) is 10.1. The lowest BCUT2D eigenvalue weighted by atomic mass is 10.3. The van der Waals surface area contributed by atoms with Crippen molar-refractivity contribution in [3.8, 4) is 11.5 Å². The molecule has 0 bridgehead atoms. The second-order valence-corrected chi connectivity index (χ2v) is 5.75. The van der Waals surface area contributed by atoms with Gasteiger partial charge in [0, 0.05) is 6.42 Å². The van der Waals surface area contributed by atoms with Gasteiger partial charge in [0.15, 0.2) is 0 Å². The lowest BCUT2D eigenvalue weighted by molar-refractivity contribution is -0.116. The lowest BCUT2D eigenvalue weighted by Gasteiger charge is -2.08. The number of anilines is 1. The Morgan fingerprint density at radius 1 is 1.08 bits per heavy atom. The molecule has 0 saturated heterocycles. The van der Waals surface area contributed by atoms with Gasteiger partial charge < -0.3 is 19.5 Å². The number of amides is 1. The molecule has 1 aromatic carbocycles. The van der Waals surface area contributed by atoms with Crippen molar-refractivity contribution in [3.05, 3.63) is 40.6 Å². The summed E-state index contributed by atoms with van der Waals surface area (Å²) in [6.45, 7) is 0.424. The van der Waals surface area contributed by atoms with Gasteiger partial charge in [-0.25, -0.2) is 4.79 Å². The maximum Gasteiger partial charge on any atom is 0.350 e. The molecule has 1 aromatic heterocycles. The molecule has 0 saturated carbocycles. The molecule has 0 aliphatic heterocycles. The van der Waals surface area contributed by atoms with Gasteiger partial charge in [0.25, 0.3) is 0 Å². The highest BCUT2D eigenvalue weighted by Gasteiger charge is 2.15. The zero-order chi connectivity index (χ0) is 17.4. The zero-order valence-electron chi connectivity index (χ0n) is 13.5. The third-order valence-electron chi connectivity index (χ3n) is 3.19. The first-order valence-corrected chi connectivity index (χ1v) is 8.24. The van der Waals surface area contributed by atoms with E-state index in [1.807, 2.05) is 24.3 Å². The van der Waals surface area contributed by atoms with E-state index in [9.17, 15) is 9.59 Å². The molecule has 0 aliphatic rings. The molecule has 0 atom stereocenters. The number of hydrogen-bond donors (Lipinski definition) is 1. The summed E-state index contributed by atoms with van der Waals surface area (Å²) in [6.07, 6.45) is 0.863. The van der Waals surface area contributed by atoms with Crippen LogP contribution in [0, 0.1) is 0 Å². The largest absolute Gasteiger partial charge is 0.497 e. The number of nitrogens with one attached hydrogen (secondary N) is 1. The molecule has 0 fully saturated rings. The van der Waals surface area contributed by atoms with E-state index in [2.05, 4.69) is 10.1 Å². The number of carbonyl (C=O) groups excluding carboxylic acids is 2. The summed E-state index contributed by atoms with van der Waals surface area (Å²) in [4.78, 5) is 23.9. The Labute approximate surface area is 144 Å². The van der Waals surface area contributed by atoms with E-state index in [0.29, 0.717) is 30.0 Å². The van der Waals surface area contributed by atoms with E-state index in [-0.39, 0.29) is 5.91 Å². The van der Waals surface area contributed by atoms with Crippen molar-refractivity contribution < 1.29 is 23.8 Å². The minimum absolute atomic E-state index is 0.170. The first-order valence-electron chi connectivity index (χ1n) is 7.36. The van der Waals surface area contributed by atoms with E-state index in [1.165, 1.54) is 18.4 Å². The molecule has 24 heavy (non-hydrogen) atoms. The number of rotatable bonds is 8. The fourth-order valence-electron chi connectivity index (χ4n) is 1.97. The Balaban J connectivity index is 1.73. The van der Waals surface area contributed by atoms with Gasteiger partial charge in [-0.2, -0.15) is 0 Å². The van der Waals surface area contributed by atoms with Crippen LogP contribution in [0.15, 0.2) is 35.7 Å². The summed E-state index contributed by atoms with van der Waals surface area (Å²) in [5, 5.41) is 4.45. The van der Waals surface area contributed by atoms with Gasteiger partial charge >= 0.3 is 5.97 Å². The Morgan fingerprint density at radius 2 is 1.79 bits per heavy atom. The predicted molar refractivity (Wildman–Crippen MR) is 92.0 cm³/mol. The van der Waals surface area contributed by atoms with Crippen LogP contribution in [-0.4, -0.2) is 32.7 Å². The van der Waals surface area contributed by atoms with Gasteiger partial charge in [-0.3, -0.25) is 4.79 Å². The first kappa shape index (κ1) is 17.8. The molecule has 1 N–H and O–H groups in total. The van der Waals surface area contributed by atoms with Crippen LogP contribution in [0.5, 0.6) is 11.5 Å². The molecule has 2 aromatic rings. The number of ether oxygens (including phenoxy) is 3. The highest BCUT2D eigenvalue weighted by atomic mass is 32.1. The van der Waals surface area contributed by atoms with Gasteiger partial charge in [-0.15, -0.1) is 11.3 Å². The number of benzene rings is 1. The maximum absolute atomic E-state index is 11.9. The SMILES string of the molecule is COC(=O)c1sccc1NC(=O)CCCOc1ccc(OC)cc1. The number of methoxy groups -OCH3 is 2. The lowest BCUT2D eigenvalue weighted by Crippen LogP contribution is -2.14. The van der Waals surface area contributed by atoms with Crippen molar-refractivity contribution >= 4 is 28.9 Å². The van der Waals surface area contributed by atoms with Gasteiger partial charge in [0.2, 0.25) is 5.91 Å². The highest BCUT2D eigenvalue weighted by Crippen LogP contribution is 2.23. The number of carbonyl (C=O) groups is 2. The van der Waals surface area contributed by atoms with E-state index in [0.717, 1.165) is 11.5 Å². The Bertz CT molecular complexity index is 681. The quantitative estimate of drug-likeness (QED) is 0.584. The monoisotopic (exact) mass is 349 g/mol. The molecule has 6 nitrogen and oxygen atoms in total. The summed E-state index contributed by atoms with van der Waals surface area (Å²) in [5.41, 5.74) is 0.480. The van der Waals surface area contributed by atoms with Crippen molar-refractivity contribution in [1.82, 2.24) is 0 Å². The van der Waals surface area contributed by atoms with Crippen molar-refractivity contribution in [3.63, 3.8) is 0 Å². The van der Waals surface area contributed by atoms with E-state index >= 15 is 0 Å². The molecular formula is C17H19NO5S. The first-order chi connectivity index (χ1) is 11.6. The van der Waals surface area contributed by atoms with Crippen molar-refractivity contribution in [1.29, 1.82) is 0 Å². The van der Waals surface area contributed by atoms with Crippen LogP contribution in [0.1, 0.15) is 22.5 Å². The fraction of sp³-hybridized carbons (Fsp3) is 0.294. The van der Waals surface area contributed by atoms with Crippen molar-refractivity contribution in [2.45, 2.75) is 12.8 Å². The van der Waals surface area contributed by atoms with Crippen LogP contribution in [-0.2, 0) is 9.53 Å². The molecule has 0 radical (unpaired) electrons. The minimum Gasteiger partial charge on any atom is -0.497 e. The van der Waals surface area contributed by atoms with Crippen LogP contribution in [0.3, 0.4) is 0 Å². The van der Waals surface area contributed by atoms with E-state index in [4.69, 9.17) is 9.47 Å². The second kappa shape index (κ2) is 8.93. The molecule has 7 heteroatoms. The number of hydrogen-bond acceptors (Lipinski definition) is 6. The second-order valence-electron chi connectivity index (χ2n) is 4.83.